The van der Waals surface area contributed by atoms with Crippen LogP contribution >= 0.6 is 0 Å². The fourth-order valence-electron chi connectivity index (χ4n) is 6.74. The topological polar surface area (TPSA) is 351 Å². The summed E-state index contributed by atoms with van der Waals surface area (Å²) in [6.45, 7) is 0.109. The van der Waals surface area contributed by atoms with Crippen molar-refractivity contribution in [3.8, 4) is 11.5 Å². The van der Waals surface area contributed by atoms with Crippen molar-refractivity contribution in [2.45, 2.75) is 131 Å². The van der Waals surface area contributed by atoms with Crippen LogP contribution in [0.5, 0.6) is 11.5 Å². The van der Waals surface area contributed by atoms with Crippen molar-refractivity contribution in [3.05, 3.63) is 59.7 Å². The molecular formula is C39H54O22. The normalized spacial score (nSPS) is 35.2. The van der Waals surface area contributed by atoms with Crippen molar-refractivity contribution in [3.63, 3.8) is 0 Å². The lowest BCUT2D eigenvalue weighted by molar-refractivity contribution is -0.330. The quantitative estimate of drug-likeness (QED) is 0.0666. The minimum atomic E-state index is -2.28. The maximum atomic E-state index is 14.1. The van der Waals surface area contributed by atoms with Crippen LogP contribution in [-0.4, -0.2) is 191 Å². The predicted molar refractivity (Wildman–Crippen MR) is 198 cm³/mol. The van der Waals surface area contributed by atoms with E-state index in [4.69, 9.17) is 37.9 Å². The van der Waals surface area contributed by atoms with Gasteiger partial charge in [-0.3, -0.25) is 4.79 Å². The van der Waals surface area contributed by atoms with Gasteiger partial charge < -0.3 is 99.2 Å². The van der Waals surface area contributed by atoms with Gasteiger partial charge in [-0.05, 0) is 41.3 Å². The van der Waals surface area contributed by atoms with Crippen molar-refractivity contribution in [2.75, 3.05) is 19.8 Å². The van der Waals surface area contributed by atoms with Crippen LogP contribution < -0.4 is 9.47 Å². The highest BCUT2D eigenvalue weighted by atomic mass is 16.7. The van der Waals surface area contributed by atoms with Gasteiger partial charge in [0, 0.05) is 0 Å². The molecule has 0 aromatic heterocycles. The van der Waals surface area contributed by atoms with E-state index in [1.54, 1.807) is 0 Å². The maximum absolute atomic E-state index is 14.1. The molecule has 3 aliphatic rings. The number of aliphatic hydroxyl groups excluding tert-OH is 12. The molecule has 2 aromatic carbocycles. The number of esters is 2. The number of rotatable bonds is 17. The minimum Gasteiger partial charge on any atom is -0.462 e. The smallest absolute Gasteiger partial charge is 0.339 e. The third kappa shape index (κ3) is 11.1. The van der Waals surface area contributed by atoms with E-state index in [2.05, 4.69) is 0 Å². The summed E-state index contributed by atoms with van der Waals surface area (Å²) in [7, 11) is 0. The van der Waals surface area contributed by atoms with Crippen LogP contribution in [0.1, 0.15) is 31.4 Å². The fourth-order valence-corrected chi connectivity index (χ4v) is 6.74. The van der Waals surface area contributed by atoms with E-state index in [0.29, 0.717) is 11.1 Å². The van der Waals surface area contributed by atoms with E-state index in [-0.39, 0.29) is 18.1 Å². The minimum absolute atomic E-state index is 0.126. The second-order valence-corrected chi connectivity index (χ2v) is 15.2. The molecule has 61 heavy (non-hydrogen) atoms. The summed E-state index contributed by atoms with van der Waals surface area (Å²) in [4.78, 5) is 27.6. The number of carbonyl (C=O) groups excluding carboxylic acids is 2. The molecule has 0 spiro atoms. The van der Waals surface area contributed by atoms with E-state index in [9.17, 15) is 70.9 Å². The van der Waals surface area contributed by atoms with E-state index < -0.39 is 148 Å². The number of hydrogen-bond donors (Lipinski definition) is 12. The van der Waals surface area contributed by atoms with Gasteiger partial charge in [0.2, 0.25) is 12.6 Å². The zero-order valence-electron chi connectivity index (χ0n) is 33.0. The van der Waals surface area contributed by atoms with Crippen molar-refractivity contribution in [2.24, 2.45) is 5.92 Å². The Balaban J connectivity index is 1.27. The molecule has 2 aromatic rings. The van der Waals surface area contributed by atoms with Gasteiger partial charge in [-0.2, -0.15) is 0 Å². The van der Waals surface area contributed by atoms with Crippen LogP contribution in [-0.2, 0) is 51.2 Å². The lowest BCUT2D eigenvalue weighted by Crippen LogP contribution is -2.62. The summed E-state index contributed by atoms with van der Waals surface area (Å²) < 4.78 is 44.5. The highest BCUT2D eigenvalue weighted by Crippen LogP contribution is 2.35. The molecule has 3 heterocycles. The lowest BCUT2D eigenvalue weighted by atomic mass is 9.86. The third-order valence-corrected chi connectivity index (χ3v) is 10.7. The van der Waals surface area contributed by atoms with Crippen LogP contribution in [0, 0.1) is 5.92 Å². The van der Waals surface area contributed by atoms with Gasteiger partial charge in [-0.15, -0.1) is 0 Å². The molecule has 0 amide bonds. The lowest BCUT2D eigenvalue weighted by Gasteiger charge is -2.44. The van der Waals surface area contributed by atoms with Gasteiger partial charge in [0.15, 0.2) is 11.9 Å². The first-order chi connectivity index (χ1) is 28.9. The zero-order chi connectivity index (χ0) is 44.8. The molecule has 0 aliphatic carbocycles. The summed E-state index contributed by atoms with van der Waals surface area (Å²) in [5.41, 5.74) is -1.48. The van der Waals surface area contributed by atoms with Gasteiger partial charge in [0.25, 0.3) is 0 Å². The molecule has 22 heteroatoms. The second kappa shape index (κ2) is 21.1. The Hall–Kier alpha value is -3.66. The predicted octanol–water partition coefficient (Wildman–Crippen LogP) is -4.57. The molecule has 0 saturated carbocycles. The SMILES string of the molecule is CC(C)[C@](CC(=O)OCc1ccc(O[C@@H]2O[C@H](CO)[C@@H](O)[C@H](O)[C@H]2O)cc1)(O[C@@H]1O[C@H](CO)[C@@H](O)[C@H](O)[C@H]1O)C(=O)OCc1ccc(O[C@@H]2O[C@H](CO)[C@@H](O)[C@H](O)[C@H]2O)cc1. The zero-order valence-corrected chi connectivity index (χ0v) is 33.0. The van der Waals surface area contributed by atoms with Crippen molar-refractivity contribution >= 4 is 11.9 Å². The Labute approximate surface area is 348 Å². The average Bonchev–Trinajstić information content (AvgIpc) is 3.25. The Morgan fingerprint density at radius 3 is 1.28 bits per heavy atom. The molecule has 16 atom stereocenters. The van der Waals surface area contributed by atoms with Crippen molar-refractivity contribution < 1.29 is 109 Å². The largest absolute Gasteiger partial charge is 0.462 e. The highest BCUT2D eigenvalue weighted by Gasteiger charge is 2.54. The van der Waals surface area contributed by atoms with Gasteiger partial charge in [0.05, 0.1) is 26.2 Å². The molecule has 3 saturated heterocycles. The maximum Gasteiger partial charge on any atom is 0.339 e. The van der Waals surface area contributed by atoms with E-state index in [1.165, 1.54) is 62.4 Å². The Bertz CT molecular complexity index is 1690. The number of aliphatic hydroxyl groups is 12. The van der Waals surface area contributed by atoms with E-state index >= 15 is 0 Å². The Kier molecular flexibility index (Phi) is 16.8. The van der Waals surface area contributed by atoms with Gasteiger partial charge in [-0.25, -0.2) is 4.79 Å². The monoisotopic (exact) mass is 874 g/mol. The molecule has 5 rings (SSSR count). The standard InChI is InChI=1S/C39H54O22/c1-17(2)39(61-37-34(52)31(49)28(46)24(14-42)60-37,38(53)55-16-19-5-9-21(10-6-19)57-36-33(51)30(48)27(45)23(13-41)59-36)11-25(43)54-15-18-3-7-20(8-4-18)56-35-32(50)29(47)26(44)22(12-40)58-35/h3-10,17,22-24,26-37,40-42,44-52H,11-16H2,1-2H3/t22-,23-,24-,26-,27-,28-,29+,30+,31+,32-,33-,34-,35-,36-,37+,39+/m1/s1. The number of ether oxygens (including phenoxy) is 8. The second-order valence-electron chi connectivity index (χ2n) is 15.2. The van der Waals surface area contributed by atoms with Crippen molar-refractivity contribution in [1.29, 1.82) is 0 Å². The summed E-state index contributed by atoms with van der Waals surface area (Å²) in [6.07, 6.45) is -24.8. The van der Waals surface area contributed by atoms with Crippen LogP contribution in [0.25, 0.3) is 0 Å². The molecule has 3 aliphatic heterocycles. The molecular weight excluding hydrogens is 820 g/mol. The number of benzene rings is 2. The van der Waals surface area contributed by atoms with E-state index in [0.717, 1.165) is 0 Å². The molecule has 342 valence electrons. The molecule has 0 unspecified atom stereocenters. The molecule has 3 fully saturated rings. The van der Waals surface area contributed by atoms with Crippen LogP contribution in [0.3, 0.4) is 0 Å². The van der Waals surface area contributed by atoms with Gasteiger partial charge in [0.1, 0.15) is 98.0 Å². The fraction of sp³-hybridized carbons (Fsp3) is 0.641. The first-order valence-electron chi connectivity index (χ1n) is 19.4. The van der Waals surface area contributed by atoms with Crippen LogP contribution in [0.15, 0.2) is 48.5 Å². The van der Waals surface area contributed by atoms with E-state index in [1.807, 2.05) is 0 Å². The van der Waals surface area contributed by atoms with Gasteiger partial charge in [-0.1, -0.05) is 38.1 Å². The molecule has 22 nitrogen and oxygen atoms in total. The summed E-state index contributed by atoms with van der Waals surface area (Å²) in [5, 5.41) is 121. The highest BCUT2D eigenvalue weighted by molar-refractivity contribution is 5.86. The third-order valence-electron chi connectivity index (χ3n) is 10.7. The molecule has 12 N–H and O–H groups in total. The first kappa shape index (κ1) is 48.4. The average molecular weight is 875 g/mol. The Morgan fingerprint density at radius 1 is 0.541 bits per heavy atom. The van der Waals surface area contributed by atoms with Crippen LogP contribution in [0.4, 0.5) is 0 Å². The summed E-state index contributed by atoms with van der Waals surface area (Å²) in [5.74, 6) is -2.78. The van der Waals surface area contributed by atoms with Crippen LogP contribution in [0.2, 0.25) is 0 Å². The molecule has 0 radical (unpaired) electrons. The van der Waals surface area contributed by atoms with Gasteiger partial charge >= 0.3 is 11.9 Å². The Morgan fingerprint density at radius 2 is 0.902 bits per heavy atom. The van der Waals surface area contributed by atoms with Crippen molar-refractivity contribution in [1.82, 2.24) is 0 Å². The number of hydrogen-bond acceptors (Lipinski definition) is 22. The first-order valence-corrected chi connectivity index (χ1v) is 19.4. The molecule has 0 bridgehead atoms. The summed E-state index contributed by atoms with van der Waals surface area (Å²) >= 11 is 0. The summed E-state index contributed by atoms with van der Waals surface area (Å²) in [6, 6.07) is 11.6. The number of carbonyl (C=O) groups is 2.